The molecule has 0 heterocycles. The van der Waals surface area contributed by atoms with Crippen molar-refractivity contribution in [2.45, 2.75) is 97.2 Å². The molecule has 0 bridgehead atoms. The second kappa shape index (κ2) is 8.99. The van der Waals surface area contributed by atoms with Crippen LogP contribution < -0.4 is 0 Å². The van der Waals surface area contributed by atoms with Gasteiger partial charge in [0.15, 0.2) is 5.60 Å². The lowest BCUT2D eigenvalue weighted by molar-refractivity contribution is -0.175. The highest BCUT2D eigenvalue weighted by atomic mass is 16.6. The molecule has 4 nitrogen and oxygen atoms in total. The fourth-order valence-electron chi connectivity index (χ4n) is 8.79. The van der Waals surface area contributed by atoms with E-state index < -0.39 is 5.60 Å². The molecule has 5 rings (SSSR count). The van der Waals surface area contributed by atoms with Crippen molar-refractivity contribution in [2.75, 3.05) is 0 Å². The van der Waals surface area contributed by atoms with E-state index in [1.54, 1.807) is 6.92 Å². The van der Waals surface area contributed by atoms with E-state index in [4.69, 9.17) is 9.47 Å². The fourth-order valence-corrected chi connectivity index (χ4v) is 8.79. The molecule has 4 aliphatic rings. The number of carbonyl (C=O) groups excluding carboxylic acids is 2. The molecule has 0 N–H and O–H groups in total. The Bertz CT molecular complexity index is 1040. The van der Waals surface area contributed by atoms with Crippen molar-refractivity contribution in [3.63, 3.8) is 0 Å². The van der Waals surface area contributed by atoms with Crippen LogP contribution >= 0.6 is 0 Å². The van der Waals surface area contributed by atoms with Crippen LogP contribution in [0.1, 0.15) is 91.0 Å². The summed E-state index contributed by atoms with van der Waals surface area (Å²) in [5.74, 6) is 8.91. The standard InChI is InChI=1S/C31H40O4/c1-21(32)34-28-13-12-26-25-11-10-24-20-31(35-22(2)33,17-14-23-8-6-5-7-9-23)19-18-29(24,3)27(25)15-16-30(26,28)4/h5-9,24-28H,10-13,15-16,18-20H2,1-4H3/t24-,25-,26-,27-,28-,29+,30+,31-/m1/s1. The molecule has 188 valence electrons. The third kappa shape index (κ3) is 4.30. The number of esters is 2. The first kappa shape index (κ1) is 24.4. The Balaban J connectivity index is 1.38. The van der Waals surface area contributed by atoms with Gasteiger partial charge in [-0.3, -0.25) is 9.59 Å². The number of hydrogen-bond acceptors (Lipinski definition) is 4. The Morgan fingerprint density at radius 3 is 2.31 bits per heavy atom. The summed E-state index contributed by atoms with van der Waals surface area (Å²) in [6.45, 7) is 7.96. The molecule has 0 radical (unpaired) electrons. The number of hydrogen-bond donors (Lipinski definition) is 0. The lowest BCUT2D eigenvalue weighted by Crippen LogP contribution is -2.56. The molecule has 4 saturated carbocycles. The van der Waals surface area contributed by atoms with Crippen molar-refractivity contribution in [3.8, 4) is 11.8 Å². The largest absolute Gasteiger partial charge is 0.462 e. The first-order valence-electron chi connectivity index (χ1n) is 13.6. The van der Waals surface area contributed by atoms with Gasteiger partial charge in [-0.25, -0.2) is 0 Å². The summed E-state index contributed by atoms with van der Waals surface area (Å²) in [5, 5.41) is 0. The van der Waals surface area contributed by atoms with Crippen LogP contribution in [0.4, 0.5) is 0 Å². The predicted octanol–water partition coefficient (Wildman–Crippen LogP) is 6.31. The predicted molar refractivity (Wildman–Crippen MR) is 135 cm³/mol. The minimum atomic E-state index is -0.685. The molecule has 0 saturated heterocycles. The SMILES string of the molecule is CC(=O)O[C@@H]1CC[C@@H]2[C@H]3CC[C@@H]4C[C@](C#Cc5ccccc5)(OC(C)=O)CC[C@]4(C)[C@@H]3CC[C@@]21C. The van der Waals surface area contributed by atoms with Crippen LogP contribution in [0.2, 0.25) is 0 Å². The number of ether oxygens (including phenoxy) is 2. The van der Waals surface area contributed by atoms with Gasteiger partial charge in [-0.05, 0) is 98.5 Å². The molecule has 1 aromatic carbocycles. The van der Waals surface area contributed by atoms with E-state index in [9.17, 15) is 9.59 Å². The van der Waals surface area contributed by atoms with Crippen molar-refractivity contribution in [3.05, 3.63) is 35.9 Å². The summed E-state index contributed by atoms with van der Waals surface area (Å²) in [6, 6.07) is 10.00. The zero-order valence-electron chi connectivity index (χ0n) is 21.8. The maximum absolute atomic E-state index is 12.1. The molecule has 4 aliphatic carbocycles. The Kier molecular flexibility index (Phi) is 6.27. The van der Waals surface area contributed by atoms with E-state index in [0.29, 0.717) is 23.7 Å². The van der Waals surface area contributed by atoms with E-state index in [0.717, 1.165) is 37.7 Å². The Morgan fingerprint density at radius 1 is 0.857 bits per heavy atom. The first-order chi connectivity index (χ1) is 16.7. The normalized spacial score (nSPS) is 41.9. The van der Waals surface area contributed by atoms with Crippen LogP contribution in [0.25, 0.3) is 0 Å². The zero-order valence-corrected chi connectivity index (χ0v) is 21.8. The van der Waals surface area contributed by atoms with Crippen molar-refractivity contribution in [2.24, 2.45) is 34.5 Å². The number of rotatable bonds is 2. The monoisotopic (exact) mass is 476 g/mol. The summed E-state index contributed by atoms with van der Waals surface area (Å²) in [7, 11) is 0. The minimum absolute atomic E-state index is 0.0766. The molecule has 0 amide bonds. The zero-order chi connectivity index (χ0) is 24.8. The quantitative estimate of drug-likeness (QED) is 0.370. The van der Waals surface area contributed by atoms with E-state index in [2.05, 4.69) is 25.7 Å². The molecular formula is C31H40O4. The van der Waals surface area contributed by atoms with Crippen LogP contribution in [0.5, 0.6) is 0 Å². The van der Waals surface area contributed by atoms with Gasteiger partial charge < -0.3 is 9.47 Å². The average molecular weight is 477 g/mol. The Morgan fingerprint density at radius 2 is 1.60 bits per heavy atom. The van der Waals surface area contributed by atoms with Crippen molar-refractivity contribution in [1.29, 1.82) is 0 Å². The minimum Gasteiger partial charge on any atom is -0.462 e. The van der Waals surface area contributed by atoms with Crippen LogP contribution in [-0.2, 0) is 19.1 Å². The van der Waals surface area contributed by atoms with Crippen molar-refractivity contribution in [1.82, 2.24) is 0 Å². The van der Waals surface area contributed by atoms with E-state index >= 15 is 0 Å². The van der Waals surface area contributed by atoms with Crippen LogP contribution in [0.15, 0.2) is 30.3 Å². The van der Waals surface area contributed by atoms with Crippen LogP contribution in [0.3, 0.4) is 0 Å². The smallest absolute Gasteiger partial charge is 0.304 e. The molecule has 4 heteroatoms. The highest BCUT2D eigenvalue weighted by Gasteiger charge is 2.62. The highest BCUT2D eigenvalue weighted by Crippen LogP contribution is 2.67. The average Bonchev–Trinajstić information content (AvgIpc) is 3.14. The third-order valence-electron chi connectivity index (χ3n) is 10.5. The van der Waals surface area contributed by atoms with Gasteiger partial charge in [-0.2, -0.15) is 0 Å². The molecule has 0 unspecified atom stereocenters. The Hall–Kier alpha value is -2.28. The van der Waals surface area contributed by atoms with E-state index in [-0.39, 0.29) is 28.9 Å². The maximum Gasteiger partial charge on any atom is 0.304 e. The van der Waals surface area contributed by atoms with Gasteiger partial charge in [0.2, 0.25) is 0 Å². The van der Waals surface area contributed by atoms with Gasteiger partial charge in [0.05, 0.1) is 0 Å². The van der Waals surface area contributed by atoms with Gasteiger partial charge in [-0.1, -0.05) is 38.0 Å². The van der Waals surface area contributed by atoms with Gasteiger partial charge >= 0.3 is 11.9 Å². The summed E-state index contributed by atoms with van der Waals surface area (Å²) >= 11 is 0. The summed E-state index contributed by atoms with van der Waals surface area (Å²) in [4.78, 5) is 23.9. The van der Waals surface area contributed by atoms with Crippen molar-refractivity contribution >= 4 is 11.9 Å². The summed E-state index contributed by atoms with van der Waals surface area (Å²) in [6.07, 6.45) is 9.69. The van der Waals surface area contributed by atoms with E-state index in [1.165, 1.54) is 32.6 Å². The van der Waals surface area contributed by atoms with Gasteiger partial charge in [0.1, 0.15) is 6.10 Å². The lowest BCUT2D eigenvalue weighted by atomic mass is 9.44. The lowest BCUT2D eigenvalue weighted by Gasteiger charge is -2.61. The third-order valence-corrected chi connectivity index (χ3v) is 10.5. The molecule has 0 spiro atoms. The Labute approximate surface area is 210 Å². The fraction of sp³-hybridized carbons (Fsp3) is 0.677. The molecular weight excluding hydrogens is 436 g/mol. The van der Waals surface area contributed by atoms with Crippen LogP contribution in [0, 0.1) is 46.3 Å². The molecule has 0 aromatic heterocycles. The van der Waals surface area contributed by atoms with Crippen LogP contribution in [-0.4, -0.2) is 23.6 Å². The summed E-state index contributed by atoms with van der Waals surface area (Å²) in [5.41, 5.74) is 0.649. The second-order valence-corrected chi connectivity index (χ2v) is 12.3. The molecule has 35 heavy (non-hydrogen) atoms. The molecule has 0 aliphatic heterocycles. The summed E-state index contributed by atoms with van der Waals surface area (Å²) < 4.78 is 11.8. The number of fused-ring (bicyclic) bond motifs is 5. The topological polar surface area (TPSA) is 52.6 Å². The second-order valence-electron chi connectivity index (χ2n) is 12.3. The number of benzene rings is 1. The maximum atomic E-state index is 12.1. The molecule has 4 fully saturated rings. The molecule has 8 atom stereocenters. The number of carbonyl (C=O) groups is 2. The van der Waals surface area contributed by atoms with Crippen molar-refractivity contribution < 1.29 is 19.1 Å². The van der Waals surface area contributed by atoms with E-state index in [1.807, 2.05) is 30.3 Å². The van der Waals surface area contributed by atoms with Gasteiger partial charge in [0, 0.05) is 31.2 Å². The highest BCUT2D eigenvalue weighted by molar-refractivity contribution is 5.67. The van der Waals surface area contributed by atoms with Gasteiger partial charge in [0.25, 0.3) is 0 Å². The molecule has 1 aromatic rings. The van der Waals surface area contributed by atoms with Gasteiger partial charge in [-0.15, -0.1) is 0 Å². The first-order valence-corrected chi connectivity index (χ1v) is 13.6.